The van der Waals surface area contributed by atoms with Gasteiger partial charge in [-0.05, 0) is 39.5 Å². The van der Waals surface area contributed by atoms with Gasteiger partial charge in [0, 0.05) is 6.04 Å². The van der Waals surface area contributed by atoms with E-state index in [0.29, 0.717) is 18.8 Å². The van der Waals surface area contributed by atoms with Crippen molar-refractivity contribution >= 4 is 0 Å². The van der Waals surface area contributed by atoms with Gasteiger partial charge in [0.05, 0.1) is 18.8 Å². The van der Waals surface area contributed by atoms with Crippen molar-refractivity contribution in [3.05, 3.63) is 0 Å². The van der Waals surface area contributed by atoms with E-state index in [4.69, 9.17) is 4.74 Å². The zero-order valence-corrected chi connectivity index (χ0v) is 11.6. The number of nitrogens with one attached hydrogen (secondary N) is 1. The zero-order valence-electron chi connectivity index (χ0n) is 11.6. The summed E-state index contributed by atoms with van der Waals surface area (Å²) in [4.78, 5) is 0. The minimum absolute atomic E-state index is 0.300. The molecule has 0 amide bonds. The van der Waals surface area contributed by atoms with Crippen molar-refractivity contribution in [2.24, 2.45) is 5.92 Å². The summed E-state index contributed by atoms with van der Waals surface area (Å²) < 4.78 is 5.93. The van der Waals surface area contributed by atoms with Crippen molar-refractivity contribution in [2.75, 3.05) is 6.61 Å². The second-order valence-electron chi connectivity index (χ2n) is 5.95. The van der Waals surface area contributed by atoms with E-state index in [9.17, 15) is 5.26 Å². The predicted molar refractivity (Wildman–Crippen MR) is 69.7 cm³/mol. The van der Waals surface area contributed by atoms with Crippen LogP contribution in [-0.4, -0.2) is 24.3 Å². The number of nitriles is 1. The Balaban J connectivity index is 2.39. The van der Waals surface area contributed by atoms with Gasteiger partial charge in [-0.15, -0.1) is 0 Å². The summed E-state index contributed by atoms with van der Waals surface area (Å²) in [6.07, 6.45) is 5.21. The average molecular weight is 238 g/mol. The quantitative estimate of drug-likeness (QED) is 0.801. The summed E-state index contributed by atoms with van der Waals surface area (Å²) in [6, 6.07) is 2.62. The Labute approximate surface area is 106 Å². The van der Waals surface area contributed by atoms with Crippen LogP contribution in [0.5, 0.6) is 0 Å². The Kier molecular flexibility index (Phi) is 5.42. The molecule has 0 aromatic heterocycles. The minimum atomic E-state index is -0.561. The molecule has 0 bridgehead atoms. The Morgan fingerprint density at radius 2 is 2.18 bits per heavy atom. The van der Waals surface area contributed by atoms with E-state index in [1.807, 2.05) is 6.92 Å². The molecule has 0 aliphatic heterocycles. The molecule has 0 aromatic carbocycles. The van der Waals surface area contributed by atoms with Gasteiger partial charge in [-0.3, -0.25) is 5.32 Å². The fraction of sp³-hybridized carbons (Fsp3) is 0.929. The SMILES string of the molecule is CC1CCCC(OCC(C)(C#N)NC(C)C)C1. The first kappa shape index (κ1) is 14.5. The third-order valence-electron chi connectivity index (χ3n) is 3.35. The van der Waals surface area contributed by atoms with Crippen LogP contribution in [0.1, 0.15) is 53.4 Å². The van der Waals surface area contributed by atoms with Crippen LogP contribution in [0.15, 0.2) is 0 Å². The van der Waals surface area contributed by atoms with Crippen LogP contribution in [0.25, 0.3) is 0 Å². The fourth-order valence-corrected chi connectivity index (χ4v) is 2.56. The molecule has 1 N–H and O–H groups in total. The molecule has 3 atom stereocenters. The standard InChI is InChI=1S/C14H26N2O/c1-11(2)16-14(4,9-15)10-17-13-7-5-6-12(3)8-13/h11-13,16H,5-8,10H2,1-4H3. The maximum absolute atomic E-state index is 9.22. The summed E-state index contributed by atoms with van der Waals surface area (Å²) in [6.45, 7) is 8.79. The van der Waals surface area contributed by atoms with Gasteiger partial charge in [-0.2, -0.15) is 5.26 Å². The molecule has 1 aliphatic carbocycles. The smallest absolute Gasteiger partial charge is 0.127 e. The normalized spacial score (nSPS) is 28.7. The minimum Gasteiger partial charge on any atom is -0.375 e. The molecule has 0 aromatic rings. The molecule has 0 radical (unpaired) electrons. The maximum Gasteiger partial charge on any atom is 0.127 e. The van der Waals surface area contributed by atoms with Crippen molar-refractivity contribution in [2.45, 2.75) is 71.1 Å². The molecule has 0 saturated heterocycles. The van der Waals surface area contributed by atoms with Gasteiger partial charge < -0.3 is 4.74 Å². The summed E-state index contributed by atoms with van der Waals surface area (Å²) >= 11 is 0. The van der Waals surface area contributed by atoms with E-state index in [0.717, 1.165) is 18.8 Å². The Hall–Kier alpha value is -0.590. The Bertz CT molecular complexity index is 272. The average Bonchev–Trinajstić information content (AvgIpc) is 2.26. The molecule has 1 saturated carbocycles. The van der Waals surface area contributed by atoms with Gasteiger partial charge in [0.2, 0.25) is 0 Å². The zero-order chi connectivity index (χ0) is 12.9. The summed E-state index contributed by atoms with van der Waals surface area (Å²) in [7, 11) is 0. The molecule has 1 fully saturated rings. The monoisotopic (exact) mass is 238 g/mol. The lowest BCUT2D eigenvalue weighted by molar-refractivity contribution is -0.00554. The van der Waals surface area contributed by atoms with E-state index in [-0.39, 0.29) is 0 Å². The van der Waals surface area contributed by atoms with E-state index in [1.54, 1.807) is 0 Å². The second-order valence-corrected chi connectivity index (χ2v) is 5.95. The van der Waals surface area contributed by atoms with E-state index in [1.165, 1.54) is 12.8 Å². The van der Waals surface area contributed by atoms with Gasteiger partial charge in [0.15, 0.2) is 0 Å². The van der Waals surface area contributed by atoms with E-state index in [2.05, 4.69) is 32.2 Å². The summed E-state index contributed by atoms with van der Waals surface area (Å²) in [5.41, 5.74) is -0.561. The molecule has 3 heteroatoms. The first-order chi connectivity index (χ1) is 7.95. The summed E-state index contributed by atoms with van der Waals surface area (Å²) in [5.74, 6) is 0.764. The Morgan fingerprint density at radius 3 is 2.71 bits per heavy atom. The topological polar surface area (TPSA) is 45.0 Å². The van der Waals surface area contributed by atoms with Gasteiger partial charge in [-0.25, -0.2) is 0 Å². The number of hydrogen-bond donors (Lipinski definition) is 1. The van der Waals surface area contributed by atoms with Gasteiger partial charge in [-0.1, -0.05) is 19.8 Å². The van der Waals surface area contributed by atoms with Crippen LogP contribution in [0.2, 0.25) is 0 Å². The van der Waals surface area contributed by atoms with Crippen LogP contribution < -0.4 is 5.32 Å². The van der Waals surface area contributed by atoms with Crippen molar-refractivity contribution in [1.82, 2.24) is 5.32 Å². The van der Waals surface area contributed by atoms with Gasteiger partial charge in [0.25, 0.3) is 0 Å². The molecule has 17 heavy (non-hydrogen) atoms. The highest BCUT2D eigenvalue weighted by Gasteiger charge is 2.27. The van der Waals surface area contributed by atoms with Gasteiger partial charge >= 0.3 is 0 Å². The molecule has 0 spiro atoms. The third-order valence-corrected chi connectivity index (χ3v) is 3.35. The lowest BCUT2D eigenvalue weighted by Gasteiger charge is -2.31. The lowest BCUT2D eigenvalue weighted by atomic mass is 9.88. The second kappa shape index (κ2) is 6.37. The maximum atomic E-state index is 9.22. The predicted octanol–water partition coefficient (Wildman–Crippen LogP) is 2.86. The van der Waals surface area contributed by atoms with E-state index < -0.39 is 5.54 Å². The van der Waals surface area contributed by atoms with Crippen molar-refractivity contribution < 1.29 is 4.74 Å². The lowest BCUT2D eigenvalue weighted by Crippen LogP contribution is -2.49. The summed E-state index contributed by atoms with van der Waals surface area (Å²) in [5, 5.41) is 12.5. The molecule has 3 nitrogen and oxygen atoms in total. The van der Waals surface area contributed by atoms with Crippen molar-refractivity contribution in [1.29, 1.82) is 5.26 Å². The highest BCUT2D eigenvalue weighted by molar-refractivity contribution is 5.04. The van der Waals surface area contributed by atoms with E-state index >= 15 is 0 Å². The number of hydrogen-bond acceptors (Lipinski definition) is 3. The largest absolute Gasteiger partial charge is 0.375 e. The molecular formula is C14H26N2O. The third kappa shape index (κ3) is 5.06. The van der Waals surface area contributed by atoms with Crippen LogP contribution in [0.4, 0.5) is 0 Å². The van der Waals surface area contributed by atoms with Gasteiger partial charge in [0.1, 0.15) is 5.54 Å². The first-order valence-corrected chi connectivity index (χ1v) is 6.76. The molecule has 98 valence electrons. The molecule has 3 unspecified atom stereocenters. The Morgan fingerprint density at radius 1 is 1.47 bits per heavy atom. The fourth-order valence-electron chi connectivity index (χ4n) is 2.56. The molecule has 0 heterocycles. The number of rotatable bonds is 5. The van der Waals surface area contributed by atoms with Crippen LogP contribution in [0, 0.1) is 17.2 Å². The number of ether oxygens (including phenoxy) is 1. The van der Waals surface area contributed by atoms with Crippen LogP contribution in [0.3, 0.4) is 0 Å². The van der Waals surface area contributed by atoms with Crippen LogP contribution in [-0.2, 0) is 4.74 Å². The molecule has 1 rings (SSSR count). The van der Waals surface area contributed by atoms with Crippen molar-refractivity contribution in [3.8, 4) is 6.07 Å². The van der Waals surface area contributed by atoms with Crippen LogP contribution >= 0.6 is 0 Å². The molecular weight excluding hydrogens is 212 g/mol. The number of nitrogens with zero attached hydrogens (tertiary/aromatic N) is 1. The highest BCUT2D eigenvalue weighted by atomic mass is 16.5. The highest BCUT2D eigenvalue weighted by Crippen LogP contribution is 2.26. The first-order valence-electron chi connectivity index (χ1n) is 6.76. The molecule has 1 aliphatic rings. The van der Waals surface area contributed by atoms with Crippen molar-refractivity contribution in [3.63, 3.8) is 0 Å².